The first kappa shape index (κ1) is 18.5. The third-order valence-electron chi connectivity index (χ3n) is 3.23. The third-order valence-corrected chi connectivity index (χ3v) is 7.66. The molecule has 0 radical (unpaired) electrons. The highest BCUT2D eigenvalue weighted by Gasteiger charge is 2.27. The molecule has 0 aliphatic rings. The molecular weight excluding hydrogens is 426 g/mol. The Morgan fingerprint density at radius 1 is 1.30 bits per heavy atom. The zero-order valence-electron chi connectivity index (χ0n) is 12.0. The zero-order valence-corrected chi connectivity index (χ0v) is 16.8. The fraction of sp³-hybridized carbons (Fsp3) is 0.538. The standard InChI is InChI=1S/C13H19Br2NO2S2/c1-9-7-12(15)13(8-11(9)14)20(17,18)16(3)10(2)5-6-19-4/h7-8,10H,5-6H2,1-4H3. The SMILES string of the molecule is CSCCC(C)N(C)S(=O)(=O)c1cc(Br)c(C)cc1Br. The van der Waals surface area contributed by atoms with Gasteiger partial charge >= 0.3 is 0 Å². The summed E-state index contributed by atoms with van der Waals surface area (Å²) < 4.78 is 28.2. The molecule has 1 rings (SSSR count). The molecule has 1 aromatic carbocycles. The summed E-state index contributed by atoms with van der Waals surface area (Å²) in [5.74, 6) is 0.944. The van der Waals surface area contributed by atoms with E-state index in [1.807, 2.05) is 26.2 Å². The van der Waals surface area contributed by atoms with Crippen LogP contribution in [-0.4, -0.2) is 37.8 Å². The predicted molar refractivity (Wildman–Crippen MR) is 94.0 cm³/mol. The summed E-state index contributed by atoms with van der Waals surface area (Å²) in [5, 5.41) is 0. The summed E-state index contributed by atoms with van der Waals surface area (Å²) in [6.07, 6.45) is 2.86. The Morgan fingerprint density at radius 3 is 2.45 bits per heavy atom. The molecule has 0 heterocycles. The fourth-order valence-corrected chi connectivity index (χ4v) is 5.29. The highest BCUT2D eigenvalue weighted by atomic mass is 79.9. The summed E-state index contributed by atoms with van der Waals surface area (Å²) >= 11 is 8.47. The number of hydrogen-bond donors (Lipinski definition) is 0. The van der Waals surface area contributed by atoms with Crippen molar-refractivity contribution >= 4 is 53.6 Å². The molecule has 1 aromatic rings. The molecule has 20 heavy (non-hydrogen) atoms. The first-order valence-corrected chi connectivity index (χ1v) is 10.6. The Kier molecular flexibility index (Phi) is 7.05. The van der Waals surface area contributed by atoms with E-state index in [0.29, 0.717) is 9.37 Å². The minimum atomic E-state index is -3.49. The lowest BCUT2D eigenvalue weighted by molar-refractivity contribution is 0.382. The van der Waals surface area contributed by atoms with E-state index in [4.69, 9.17) is 0 Å². The van der Waals surface area contributed by atoms with Crippen LogP contribution in [0.3, 0.4) is 0 Å². The highest BCUT2D eigenvalue weighted by Crippen LogP contribution is 2.31. The predicted octanol–water partition coefficient (Wildman–Crippen LogP) is 4.28. The Balaban J connectivity index is 3.13. The van der Waals surface area contributed by atoms with Crippen molar-refractivity contribution < 1.29 is 8.42 Å². The van der Waals surface area contributed by atoms with Crippen LogP contribution in [0.1, 0.15) is 18.9 Å². The van der Waals surface area contributed by atoms with Gasteiger partial charge in [-0.25, -0.2) is 8.42 Å². The van der Waals surface area contributed by atoms with Gasteiger partial charge in [0.2, 0.25) is 10.0 Å². The monoisotopic (exact) mass is 443 g/mol. The average Bonchev–Trinajstić information content (AvgIpc) is 2.38. The Labute approximate surface area is 142 Å². The van der Waals surface area contributed by atoms with Gasteiger partial charge in [-0.3, -0.25) is 0 Å². The van der Waals surface area contributed by atoms with Crippen LogP contribution in [0.15, 0.2) is 26.0 Å². The molecule has 0 aliphatic heterocycles. The van der Waals surface area contributed by atoms with E-state index in [0.717, 1.165) is 22.2 Å². The Bertz CT molecular complexity index is 576. The third kappa shape index (κ3) is 4.22. The van der Waals surface area contributed by atoms with Crippen LogP contribution in [0.5, 0.6) is 0 Å². The van der Waals surface area contributed by atoms with Crippen molar-refractivity contribution in [1.82, 2.24) is 4.31 Å². The topological polar surface area (TPSA) is 37.4 Å². The first-order valence-electron chi connectivity index (χ1n) is 6.14. The maximum atomic E-state index is 12.7. The number of rotatable bonds is 6. The van der Waals surface area contributed by atoms with Crippen molar-refractivity contribution in [1.29, 1.82) is 0 Å². The second-order valence-corrected chi connectivity index (χ2v) is 9.34. The van der Waals surface area contributed by atoms with E-state index in [-0.39, 0.29) is 6.04 Å². The lowest BCUT2D eigenvalue weighted by Gasteiger charge is -2.25. The normalized spacial score (nSPS) is 13.8. The summed E-state index contributed by atoms with van der Waals surface area (Å²) in [6, 6.07) is 3.45. The van der Waals surface area contributed by atoms with Gasteiger partial charge in [0.25, 0.3) is 0 Å². The number of benzene rings is 1. The summed E-state index contributed by atoms with van der Waals surface area (Å²) in [5.41, 5.74) is 0.994. The molecule has 7 heteroatoms. The van der Waals surface area contributed by atoms with E-state index >= 15 is 0 Å². The Hall–Kier alpha value is 0.440. The summed E-state index contributed by atoms with van der Waals surface area (Å²) in [4.78, 5) is 0.300. The van der Waals surface area contributed by atoms with E-state index < -0.39 is 10.0 Å². The maximum absolute atomic E-state index is 12.7. The minimum absolute atomic E-state index is 0.0283. The van der Waals surface area contributed by atoms with E-state index in [1.54, 1.807) is 24.9 Å². The van der Waals surface area contributed by atoms with E-state index in [2.05, 4.69) is 31.9 Å². The number of sulfonamides is 1. The van der Waals surface area contributed by atoms with Crippen LogP contribution in [0.2, 0.25) is 0 Å². The molecule has 0 aliphatic carbocycles. The molecule has 1 atom stereocenters. The van der Waals surface area contributed by atoms with Crippen LogP contribution in [0.4, 0.5) is 0 Å². The average molecular weight is 445 g/mol. The van der Waals surface area contributed by atoms with Gasteiger partial charge in [0.1, 0.15) is 0 Å². The molecule has 0 saturated heterocycles. The summed E-state index contributed by atoms with van der Waals surface area (Å²) in [7, 11) is -1.85. The van der Waals surface area contributed by atoms with Crippen molar-refractivity contribution in [2.75, 3.05) is 19.1 Å². The van der Waals surface area contributed by atoms with Crippen LogP contribution in [-0.2, 0) is 10.0 Å². The van der Waals surface area contributed by atoms with Crippen LogP contribution in [0, 0.1) is 6.92 Å². The van der Waals surface area contributed by atoms with E-state index in [1.165, 1.54) is 4.31 Å². The van der Waals surface area contributed by atoms with Crippen LogP contribution < -0.4 is 0 Å². The molecule has 114 valence electrons. The van der Waals surface area contributed by atoms with Gasteiger partial charge in [-0.05, 0) is 65.9 Å². The number of halogens is 2. The zero-order chi connectivity index (χ0) is 15.5. The first-order chi connectivity index (χ1) is 9.21. The van der Waals surface area contributed by atoms with Crippen molar-refractivity contribution in [3.63, 3.8) is 0 Å². The van der Waals surface area contributed by atoms with Gasteiger partial charge in [-0.1, -0.05) is 15.9 Å². The molecular formula is C13H19Br2NO2S2. The van der Waals surface area contributed by atoms with Crippen molar-refractivity contribution in [3.8, 4) is 0 Å². The minimum Gasteiger partial charge on any atom is -0.207 e. The van der Waals surface area contributed by atoms with Crippen molar-refractivity contribution in [2.45, 2.75) is 31.2 Å². The number of thioether (sulfide) groups is 1. The van der Waals surface area contributed by atoms with Gasteiger partial charge < -0.3 is 0 Å². The van der Waals surface area contributed by atoms with Crippen LogP contribution >= 0.6 is 43.6 Å². The summed E-state index contributed by atoms with van der Waals surface area (Å²) in [6.45, 7) is 3.86. The number of aryl methyl sites for hydroxylation is 1. The molecule has 0 fully saturated rings. The number of nitrogens with zero attached hydrogens (tertiary/aromatic N) is 1. The molecule has 0 aromatic heterocycles. The van der Waals surface area contributed by atoms with Gasteiger partial charge in [0.05, 0.1) is 4.90 Å². The lowest BCUT2D eigenvalue weighted by atomic mass is 10.2. The smallest absolute Gasteiger partial charge is 0.207 e. The van der Waals surface area contributed by atoms with Gasteiger partial charge in [-0.15, -0.1) is 0 Å². The maximum Gasteiger partial charge on any atom is 0.244 e. The second-order valence-electron chi connectivity index (χ2n) is 4.68. The molecule has 0 saturated carbocycles. The largest absolute Gasteiger partial charge is 0.244 e. The fourth-order valence-electron chi connectivity index (χ4n) is 1.69. The van der Waals surface area contributed by atoms with Crippen molar-refractivity contribution in [3.05, 3.63) is 26.6 Å². The van der Waals surface area contributed by atoms with E-state index in [9.17, 15) is 8.42 Å². The molecule has 0 bridgehead atoms. The van der Waals surface area contributed by atoms with Crippen molar-refractivity contribution in [2.24, 2.45) is 0 Å². The van der Waals surface area contributed by atoms with Crippen LogP contribution in [0.25, 0.3) is 0 Å². The molecule has 0 N–H and O–H groups in total. The lowest BCUT2D eigenvalue weighted by Crippen LogP contribution is -2.35. The Morgan fingerprint density at radius 2 is 1.90 bits per heavy atom. The number of hydrogen-bond acceptors (Lipinski definition) is 3. The van der Waals surface area contributed by atoms with Gasteiger partial charge in [0.15, 0.2) is 0 Å². The van der Waals surface area contributed by atoms with Gasteiger partial charge in [-0.2, -0.15) is 16.1 Å². The highest BCUT2D eigenvalue weighted by molar-refractivity contribution is 9.11. The molecule has 0 amide bonds. The molecule has 3 nitrogen and oxygen atoms in total. The second kappa shape index (κ2) is 7.63. The molecule has 1 unspecified atom stereocenters. The quantitative estimate of drug-likeness (QED) is 0.656. The molecule has 0 spiro atoms. The van der Waals surface area contributed by atoms with Gasteiger partial charge in [0, 0.05) is 22.0 Å².